The van der Waals surface area contributed by atoms with E-state index in [2.05, 4.69) is 133 Å². The van der Waals surface area contributed by atoms with Crippen LogP contribution in [0.5, 0.6) is 0 Å². The predicted molar refractivity (Wildman–Crippen MR) is 189 cm³/mol. The number of hydrogen-bond acceptors (Lipinski definition) is 4. The quantitative estimate of drug-likeness (QED) is 0.220. The summed E-state index contributed by atoms with van der Waals surface area (Å²) in [6.07, 6.45) is 4.16. The van der Waals surface area contributed by atoms with Crippen LogP contribution in [0.4, 0.5) is 5.69 Å². The standard InChI is InChI=1S/C41H29N3S/c1-3-10-27(11-4-1)35-25-36(28-12-5-2-6-13-28)43-40(42-35)32-19-21-34-31(24-32)17-16-29-20-22-37-39(38(29)34)44-41(45-37)33-18-15-26-9-7-8-14-30(26)23-33/h1-18,20,22-25,41,44H,19,21H2. The molecular formula is C41H29N3S. The molecule has 6 aromatic carbocycles. The van der Waals surface area contributed by atoms with Gasteiger partial charge in [0.25, 0.3) is 0 Å². The second kappa shape index (κ2) is 10.8. The van der Waals surface area contributed by atoms with Gasteiger partial charge in [-0.15, -0.1) is 0 Å². The molecule has 0 radical (unpaired) electrons. The summed E-state index contributed by atoms with van der Waals surface area (Å²) in [6, 6.07) is 47.4. The van der Waals surface area contributed by atoms with Crippen molar-refractivity contribution in [3.05, 3.63) is 156 Å². The number of fused-ring (bicyclic) bond motifs is 6. The average Bonchev–Trinajstić information content (AvgIpc) is 3.56. The van der Waals surface area contributed by atoms with Crippen molar-refractivity contribution in [1.82, 2.24) is 9.97 Å². The van der Waals surface area contributed by atoms with E-state index in [0.717, 1.165) is 41.2 Å². The fourth-order valence-corrected chi connectivity index (χ4v) is 7.88. The van der Waals surface area contributed by atoms with Gasteiger partial charge in [0.05, 0.1) is 17.1 Å². The van der Waals surface area contributed by atoms with Crippen LogP contribution < -0.4 is 5.32 Å². The summed E-state index contributed by atoms with van der Waals surface area (Å²) in [6.45, 7) is 0. The minimum atomic E-state index is 0.186. The maximum absolute atomic E-state index is 5.12. The highest BCUT2D eigenvalue weighted by Gasteiger charge is 2.27. The molecule has 214 valence electrons. The first-order valence-corrected chi connectivity index (χ1v) is 16.4. The zero-order valence-corrected chi connectivity index (χ0v) is 25.4. The topological polar surface area (TPSA) is 37.8 Å². The van der Waals surface area contributed by atoms with E-state index in [-0.39, 0.29) is 5.37 Å². The number of rotatable bonds is 4. The SMILES string of the molecule is C1=C(c2nc(-c3ccccc3)cc(-c3ccccc3)n2)CCc2c1ccc1ccc3c(c21)NC(c1ccc2ccccc2c1)S3. The Labute approximate surface area is 266 Å². The van der Waals surface area contributed by atoms with Gasteiger partial charge < -0.3 is 5.32 Å². The molecule has 0 saturated heterocycles. The fraction of sp³-hybridized carbons (Fsp3) is 0.0732. The van der Waals surface area contributed by atoms with Crippen molar-refractivity contribution in [2.75, 3.05) is 5.32 Å². The van der Waals surface area contributed by atoms with Crippen molar-refractivity contribution in [3.63, 3.8) is 0 Å². The number of allylic oxidation sites excluding steroid dienone is 1. The van der Waals surface area contributed by atoms with E-state index in [1.807, 2.05) is 23.9 Å². The minimum absolute atomic E-state index is 0.186. The first kappa shape index (κ1) is 26.2. The number of thioether (sulfide) groups is 1. The van der Waals surface area contributed by atoms with Crippen molar-refractivity contribution in [2.24, 2.45) is 0 Å². The zero-order valence-electron chi connectivity index (χ0n) is 24.6. The molecule has 2 aliphatic rings. The molecule has 1 atom stereocenters. The molecule has 1 aliphatic heterocycles. The van der Waals surface area contributed by atoms with Gasteiger partial charge in [0.1, 0.15) is 5.37 Å². The molecule has 1 N–H and O–H groups in total. The summed E-state index contributed by atoms with van der Waals surface area (Å²) < 4.78 is 0. The Bertz CT molecular complexity index is 2220. The Balaban J connectivity index is 1.12. The Kier molecular flexibility index (Phi) is 6.27. The van der Waals surface area contributed by atoms with Crippen LogP contribution in [0.1, 0.15) is 34.3 Å². The third kappa shape index (κ3) is 4.70. The van der Waals surface area contributed by atoms with E-state index < -0.39 is 0 Å². The Morgan fingerprint density at radius 2 is 1.27 bits per heavy atom. The first-order chi connectivity index (χ1) is 22.3. The summed E-state index contributed by atoms with van der Waals surface area (Å²) in [4.78, 5) is 11.5. The molecule has 4 heteroatoms. The van der Waals surface area contributed by atoms with Crippen LogP contribution in [0.15, 0.2) is 138 Å². The van der Waals surface area contributed by atoms with E-state index in [1.165, 1.54) is 54.4 Å². The van der Waals surface area contributed by atoms with Gasteiger partial charge in [-0.2, -0.15) is 0 Å². The number of nitrogens with one attached hydrogen (secondary N) is 1. The van der Waals surface area contributed by atoms with Crippen molar-refractivity contribution in [1.29, 1.82) is 0 Å². The van der Waals surface area contributed by atoms with Crippen molar-refractivity contribution >= 4 is 50.6 Å². The third-order valence-corrected chi connectivity index (χ3v) is 10.2. The van der Waals surface area contributed by atoms with E-state index in [1.54, 1.807) is 0 Å². The largest absolute Gasteiger partial charge is 0.368 e. The monoisotopic (exact) mass is 595 g/mol. The van der Waals surface area contributed by atoms with Crippen LogP contribution in [0.3, 0.4) is 0 Å². The average molecular weight is 596 g/mol. The summed E-state index contributed by atoms with van der Waals surface area (Å²) in [7, 11) is 0. The first-order valence-electron chi connectivity index (χ1n) is 15.5. The third-order valence-electron chi connectivity index (χ3n) is 9.02. The highest BCUT2D eigenvalue weighted by atomic mass is 32.2. The lowest BCUT2D eigenvalue weighted by atomic mass is 9.87. The zero-order chi connectivity index (χ0) is 29.7. The number of hydrogen-bond donors (Lipinski definition) is 1. The molecule has 0 fully saturated rings. The molecule has 0 amide bonds. The van der Waals surface area contributed by atoms with Crippen molar-refractivity contribution in [2.45, 2.75) is 23.1 Å². The molecule has 7 aromatic rings. The van der Waals surface area contributed by atoms with Gasteiger partial charge in [0.2, 0.25) is 0 Å². The fourth-order valence-electron chi connectivity index (χ4n) is 6.74. The van der Waals surface area contributed by atoms with Gasteiger partial charge in [-0.05, 0) is 75.5 Å². The molecule has 1 aromatic heterocycles. The van der Waals surface area contributed by atoms with Crippen LogP contribution in [-0.4, -0.2) is 9.97 Å². The number of nitrogens with zero attached hydrogens (tertiary/aromatic N) is 2. The van der Waals surface area contributed by atoms with Gasteiger partial charge in [0, 0.05) is 21.4 Å². The molecule has 3 nitrogen and oxygen atoms in total. The smallest absolute Gasteiger partial charge is 0.156 e. The normalized spacial score (nSPS) is 15.4. The highest BCUT2D eigenvalue weighted by molar-refractivity contribution is 8.00. The number of anilines is 1. The molecular weight excluding hydrogens is 567 g/mol. The summed E-state index contributed by atoms with van der Waals surface area (Å²) in [5.41, 5.74) is 10.5. The molecule has 2 heterocycles. The van der Waals surface area contributed by atoms with Crippen LogP contribution >= 0.6 is 11.8 Å². The van der Waals surface area contributed by atoms with Gasteiger partial charge in [0.15, 0.2) is 5.82 Å². The molecule has 1 unspecified atom stereocenters. The van der Waals surface area contributed by atoms with Crippen molar-refractivity contribution < 1.29 is 0 Å². The van der Waals surface area contributed by atoms with Crippen LogP contribution in [0.2, 0.25) is 0 Å². The lowest BCUT2D eigenvalue weighted by Crippen LogP contribution is -2.06. The van der Waals surface area contributed by atoms with Gasteiger partial charge in [-0.3, -0.25) is 0 Å². The van der Waals surface area contributed by atoms with E-state index in [0.29, 0.717) is 0 Å². The van der Waals surface area contributed by atoms with Gasteiger partial charge in [-0.25, -0.2) is 9.97 Å². The van der Waals surface area contributed by atoms with Crippen LogP contribution in [0, 0.1) is 0 Å². The second-order valence-corrected chi connectivity index (χ2v) is 12.9. The lowest BCUT2D eigenvalue weighted by molar-refractivity contribution is 0.981. The maximum Gasteiger partial charge on any atom is 0.156 e. The number of aromatic nitrogens is 2. The molecule has 9 rings (SSSR count). The van der Waals surface area contributed by atoms with Crippen LogP contribution in [-0.2, 0) is 6.42 Å². The lowest BCUT2D eigenvalue weighted by Gasteiger charge is -2.20. The summed E-state index contributed by atoms with van der Waals surface area (Å²) >= 11 is 1.91. The van der Waals surface area contributed by atoms with E-state index in [4.69, 9.17) is 9.97 Å². The van der Waals surface area contributed by atoms with Gasteiger partial charge in [-0.1, -0.05) is 127 Å². The van der Waals surface area contributed by atoms with E-state index in [9.17, 15) is 0 Å². The Morgan fingerprint density at radius 3 is 2.02 bits per heavy atom. The van der Waals surface area contributed by atoms with Gasteiger partial charge >= 0.3 is 0 Å². The minimum Gasteiger partial charge on any atom is -0.368 e. The summed E-state index contributed by atoms with van der Waals surface area (Å²) in [5, 5.41) is 9.29. The molecule has 0 spiro atoms. The second-order valence-electron chi connectivity index (χ2n) is 11.8. The number of aryl methyl sites for hydroxylation is 1. The Morgan fingerprint density at radius 1 is 0.600 bits per heavy atom. The van der Waals surface area contributed by atoms with Crippen molar-refractivity contribution in [3.8, 4) is 22.5 Å². The predicted octanol–water partition coefficient (Wildman–Crippen LogP) is 10.8. The highest BCUT2D eigenvalue weighted by Crippen LogP contribution is 2.51. The van der Waals surface area contributed by atoms with Crippen LogP contribution in [0.25, 0.3) is 55.7 Å². The molecule has 45 heavy (non-hydrogen) atoms. The summed E-state index contributed by atoms with van der Waals surface area (Å²) in [5.74, 6) is 0.810. The molecule has 1 aliphatic carbocycles. The Hall–Kier alpha value is -5.19. The molecule has 0 bridgehead atoms. The maximum atomic E-state index is 5.12. The number of benzene rings is 6. The van der Waals surface area contributed by atoms with E-state index >= 15 is 0 Å². The molecule has 0 saturated carbocycles.